The fourth-order valence-electron chi connectivity index (χ4n) is 3.51. The number of para-hydroxylation sites is 1. The normalized spacial score (nSPS) is 19.2. The van der Waals surface area contributed by atoms with Crippen LogP contribution in [0.3, 0.4) is 0 Å². The van der Waals surface area contributed by atoms with Crippen LogP contribution in [0.25, 0.3) is 0 Å². The molecule has 1 fully saturated rings. The molecule has 9 heteroatoms. The smallest absolute Gasteiger partial charge is 0.489 e. The number of benzene rings is 2. The molecule has 0 saturated carbocycles. The highest BCUT2D eigenvalue weighted by Gasteiger charge is 2.38. The summed E-state index contributed by atoms with van der Waals surface area (Å²) >= 11 is 0. The van der Waals surface area contributed by atoms with Gasteiger partial charge in [0.15, 0.2) is 0 Å². The molecule has 0 unspecified atom stereocenters. The molecule has 2 aromatic rings. The summed E-state index contributed by atoms with van der Waals surface area (Å²) in [5, 5.41) is 2.85. The van der Waals surface area contributed by atoms with Crippen LogP contribution < -0.4 is 14.8 Å². The summed E-state index contributed by atoms with van der Waals surface area (Å²) in [6.07, 6.45) is -4.42. The maximum atomic E-state index is 12.7. The number of ether oxygens (including phenoxy) is 3. The van der Waals surface area contributed by atoms with E-state index in [2.05, 4.69) is 10.1 Å². The first-order chi connectivity index (χ1) is 14.8. The molecule has 0 bridgehead atoms. The Labute approximate surface area is 178 Å². The van der Waals surface area contributed by atoms with Crippen molar-refractivity contribution in [2.75, 3.05) is 26.8 Å². The van der Waals surface area contributed by atoms with Gasteiger partial charge in [-0.1, -0.05) is 30.3 Å². The van der Waals surface area contributed by atoms with E-state index in [0.717, 1.165) is 11.3 Å². The van der Waals surface area contributed by atoms with Crippen molar-refractivity contribution in [3.05, 3.63) is 60.2 Å². The van der Waals surface area contributed by atoms with E-state index in [-0.39, 0.29) is 17.8 Å². The van der Waals surface area contributed by atoms with Gasteiger partial charge < -0.3 is 19.5 Å². The molecule has 2 aromatic carbocycles. The molecule has 0 aromatic heterocycles. The minimum atomic E-state index is -4.73. The summed E-state index contributed by atoms with van der Waals surface area (Å²) in [5.74, 6) is 0.312. The van der Waals surface area contributed by atoms with Crippen LogP contribution in [0.5, 0.6) is 11.5 Å². The lowest BCUT2D eigenvalue weighted by Crippen LogP contribution is -2.43. The monoisotopic (exact) mass is 438 g/mol. The van der Waals surface area contributed by atoms with E-state index < -0.39 is 12.4 Å². The summed E-state index contributed by atoms with van der Waals surface area (Å²) in [6, 6.07) is 14.6. The molecule has 1 aliphatic heterocycles. The number of carbonyl (C=O) groups is 1. The van der Waals surface area contributed by atoms with Gasteiger partial charge in [0.25, 0.3) is 0 Å². The molecule has 2 atom stereocenters. The highest BCUT2D eigenvalue weighted by molar-refractivity contribution is 5.82. The van der Waals surface area contributed by atoms with E-state index in [9.17, 15) is 18.0 Å². The molecule has 0 radical (unpaired) electrons. The van der Waals surface area contributed by atoms with Crippen molar-refractivity contribution in [3.8, 4) is 11.5 Å². The van der Waals surface area contributed by atoms with Gasteiger partial charge >= 0.3 is 6.36 Å². The molecule has 0 aliphatic carbocycles. The third-order valence-electron chi connectivity index (χ3n) is 4.86. The first-order valence-corrected chi connectivity index (χ1v) is 9.91. The van der Waals surface area contributed by atoms with E-state index in [4.69, 9.17) is 9.47 Å². The molecule has 1 heterocycles. The third-order valence-corrected chi connectivity index (χ3v) is 4.86. The number of rotatable bonds is 9. The van der Waals surface area contributed by atoms with Gasteiger partial charge in [-0.2, -0.15) is 0 Å². The Kier molecular flexibility index (Phi) is 7.75. The first kappa shape index (κ1) is 22.9. The fraction of sp³-hybridized carbons (Fsp3) is 0.409. The van der Waals surface area contributed by atoms with Gasteiger partial charge in [-0.25, -0.2) is 0 Å². The van der Waals surface area contributed by atoms with Crippen molar-refractivity contribution >= 4 is 5.91 Å². The maximum absolute atomic E-state index is 12.7. The average Bonchev–Trinajstić information content (AvgIpc) is 3.11. The lowest BCUT2D eigenvalue weighted by atomic mass is 10.1. The molecule has 31 heavy (non-hydrogen) atoms. The predicted octanol–water partition coefficient (Wildman–Crippen LogP) is 3.37. The quantitative estimate of drug-likeness (QED) is 0.609. The fourth-order valence-corrected chi connectivity index (χ4v) is 3.51. The molecule has 1 saturated heterocycles. The third kappa shape index (κ3) is 7.15. The minimum absolute atomic E-state index is 0.131. The van der Waals surface area contributed by atoms with Crippen LogP contribution in [-0.4, -0.2) is 56.1 Å². The minimum Gasteiger partial charge on any atom is -0.489 e. The second-order valence-corrected chi connectivity index (χ2v) is 7.21. The van der Waals surface area contributed by atoms with Gasteiger partial charge in [-0.15, -0.1) is 13.2 Å². The summed E-state index contributed by atoms with van der Waals surface area (Å²) in [5.41, 5.74) is 0.768. The largest absolute Gasteiger partial charge is 0.573 e. The van der Waals surface area contributed by atoms with Gasteiger partial charge in [-0.05, 0) is 29.8 Å². The number of halogens is 3. The van der Waals surface area contributed by atoms with Gasteiger partial charge in [0, 0.05) is 33.2 Å². The van der Waals surface area contributed by atoms with Crippen LogP contribution in [0.15, 0.2) is 54.6 Å². The second-order valence-electron chi connectivity index (χ2n) is 7.21. The van der Waals surface area contributed by atoms with Gasteiger partial charge in [-0.3, -0.25) is 9.69 Å². The average molecular weight is 438 g/mol. The van der Waals surface area contributed by atoms with Crippen molar-refractivity contribution in [1.82, 2.24) is 10.2 Å². The molecule has 1 amide bonds. The van der Waals surface area contributed by atoms with Crippen LogP contribution >= 0.6 is 0 Å². The zero-order valence-electron chi connectivity index (χ0n) is 17.1. The van der Waals surface area contributed by atoms with Crippen LogP contribution in [0.4, 0.5) is 13.2 Å². The van der Waals surface area contributed by atoms with E-state index in [1.54, 1.807) is 19.2 Å². The molecule has 3 rings (SSSR count). The Morgan fingerprint density at radius 3 is 2.45 bits per heavy atom. The second kappa shape index (κ2) is 10.5. The SMILES string of the molecule is COCCNC(=O)[C@H]1C[C@H](Oc2ccccc2)CN1Cc1ccc(OC(F)(F)F)cc1. The van der Waals surface area contributed by atoms with Crippen molar-refractivity contribution in [3.63, 3.8) is 0 Å². The summed E-state index contributed by atoms with van der Waals surface area (Å²) in [4.78, 5) is 14.7. The Bertz CT molecular complexity index is 831. The van der Waals surface area contributed by atoms with Crippen molar-refractivity contribution < 1.29 is 32.2 Å². The zero-order valence-corrected chi connectivity index (χ0v) is 17.1. The summed E-state index contributed by atoms with van der Waals surface area (Å²) in [7, 11) is 1.56. The molecule has 6 nitrogen and oxygen atoms in total. The standard InChI is InChI=1S/C22H25F3N2O4/c1-29-12-11-26-21(28)20-13-19(30-17-5-3-2-4-6-17)15-27(20)14-16-7-9-18(10-8-16)31-22(23,24)25/h2-10,19-20H,11-15H2,1H3,(H,26,28)/t19-,20+/m0/s1. The topological polar surface area (TPSA) is 60.0 Å². The number of methoxy groups -OCH3 is 1. The molecular formula is C22H25F3N2O4. The number of amides is 1. The van der Waals surface area contributed by atoms with Gasteiger partial charge in [0.2, 0.25) is 5.91 Å². The van der Waals surface area contributed by atoms with Crippen molar-refractivity contribution in [1.29, 1.82) is 0 Å². The lowest BCUT2D eigenvalue weighted by molar-refractivity contribution is -0.274. The number of likely N-dealkylation sites (tertiary alicyclic amines) is 1. The highest BCUT2D eigenvalue weighted by Crippen LogP contribution is 2.27. The Morgan fingerprint density at radius 2 is 1.81 bits per heavy atom. The van der Waals surface area contributed by atoms with Gasteiger partial charge in [0.05, 0.1) is 12.6 Å². The zero-order chi connectivity index (χ0) is 22.3. The maximum Gasteiger partial charge on any atom is 0.573 e. The van der Waals surface area contributed by atoms with Crippen molar-refractivity contribution in [2.45, 2.75) is 31.5 Å². The van der Waals surface area contributed by atoms with Crippen LogP contribution in [0.2, 0.25) is 0 Å². The first-order valence-electron chi connectivity index (χ1n) is 9.91. The Balaban J connectivity index is 1.67. The van der Waals surface area contributed by atoms with Crippen LogP contribution in [0, 0.1) is 0 Å². The number of hydrogen-bond acceptors (Lipinski definition) is 5. The number of alkyl halides is 3. The van der Waals surface area contributed by atoms with Crippen molar-refractivity contribution in [2.24, 2.45) is 0 Å². The highest BCUT2D eigenvalue weighted by atomic mass is 19.4. The Morgan fingerprint density at radius 1 is 1.10 bits per heavy atom. The van der Waals surface area contributed by atoms with E-state index in [0.29, 0.717) is 32.7 Å². The number of nitrogens with one attached hydrogen (secondary N) is 1. The molecule has 168 valence electrons. The molecule has 1 aliphatic rings. The number of carbonyl (C=O) groups excluding carboxylic acids is 1. The van der Waals surface area contributed by atoms with E-state index in [1.807, 2.05) is 35.2 Å². The van der Waals surface area contributed by atoms with Gasteiger partial charge in [0.1, 0.15) is 17.6 Å². The number of nitrogens with zero attached hydrogens (tertiary/aromatic N) is 1. The molecular weight excluding hydrogens is 413 g/mol. The summed E-state index contributed by atoms with van der Waals surface area (Å²) in [6.45, 7) is 1.71. The van der Waals surface area contributed by atoms with Crippen LogP contribution in [-0.2, 0) is 16.1 Å². The lowest BCUT2D eigenvalue weighted by Gasteiger charge is -2.23. The molecule has 1 N–H and O–H groups in total. The predicted molar refractivity (Wildman–Crippen MR) is 108 cm³/mol. The van der Waals surface area contributed by atoms with E-state index >= 15 is 0 Å². The van der Waals surface area contributed by atoms with Crippen LogP contribution in [0.1, 0.15) is 12.0 Å². The molecule has 0 spiro atoms. The number of hydrogen-bond donors (Lipinski definition) is 1. The van der Waals surface area contributed by atoms with E-state index in [1.165, 1.54) is 12.1 Å². The summed E-state index contributed by atoms with van der Waals surface area (Å²) < 4.78 is 52.0. The Hall–Kier alpha value is -2.78.